The Hall–Kier alpha value is -3.48. The molecule has 0 aliphatic rings. The Morgan fingerprint density at radius 1 is 1.12 bits per heavy atom. The first-order valence-electron chi connectivity index (χ1n) is 8.35. The Kier molecular flexibility index (Phi) is 4.18. The zero-order valence-electron chi connectivity index (χ0n) is 14.0. The lowest BCUT2D eigenvalue weighted by atomic mass is 10.2. The molecule has 7 heteroatoms. The van der Waals surface area contributed by atoms with Crippen LogP contribution in [0.3, 0.4) is 0 Å². The minimum Gasteiger partial charge on any atom is -0.354 e. The van der Waals surface area contributed by atoms with Crippen LogP contribution < -0.4 is 10.7 Å². The third kappa shape index (κ3) is 3.19. The fourth-order valence-corrected chi connectivity index (χ4v) is 2.92. The van der Waals surface area contributed by atoms with Crippen LogP contribution in [-0.2, 0) is 17.8 Å². The van der Waals surface area contributed by atoms with Crippen molar-refractivity contribution in [2.75, 3.05) is 6.54 Å². The van der Waals surface area contributed by atoms with E-state index in [0.717, 1.165) is 11.3 Å². The number of nitrogens with zero attached hydrogens (tertiary/aromatic N) is 4. The van der Waals surface area contributed by atoms with E-state index >= 15 is 0 Å². The van der Waals surface area contributed by atoms with E-state index in [2.05, 4.69) is 15.4 Å². The second-order valence-electron chi connectivity index (χ2n) is 5.98. The van der Waals surface area contributed by atoms with Crippen molar-refractivity contribution in [3.63, 3.8) is 0 Å². The molecule has 0 atom stereocenters. The third-order valence-corrected chi connectivity index (χ3v) is 4.17. The van der Waals surface area contributed by atoms with Crippen LogP contribution in [0, 0.1) is 0 Å². The van der Waals surface area contributed by atoms with Gasteiger partial charge < -0.3 is 9.72 Å². The molecule has 0 bridgehead atoms. The minimum absolute atomic E-state index is 0.0615. The van der Waals surface area contributed by atoms with Gasteiger partial charge in [0.1, 0.15) is 12.2 Å². The summed E-state index contributed by atoms with van der Waals surface area (Å²) in [6.45, 7) is 0.548. The molecule has 26 heavy (non-hydrogen) atoms. The molecule has 0 fully saturated rings. The fraction of sp³-hybridized carbons (Fsp3) is 0.158. The number of hydrogen-bond acceptors (Lipinski definition) is 4. The van der Waals surface area contributed by atoms with Gasteiger partial charge in [-0.2, -0.15) is 5.10 Å². The molecule has 130 valence electrons. The molecule has 0 saturated heterocycles. The lowest BCUT2D eigenvalue weighted by Crippen LogP contribution is -2.30. The summed E-state index contributed by atoms with van der Waals surface area (Å²) in [7, 11) is 0. The number of para-hydroxylation sites is 1. The molecule has 0 spiro atoms. The molecule has 1 amide bonds. The molecular formula is C19H17N5O2. The normalized spacial score (nSPS) is 11.1. The zero-order valence-corrected chi connectivity index (χ0v) is 14.0. The predicted molar refractivity (Wildman–Crippen MR) is 97.9 cm³/mol. The summed E-state index contributed by atoms with van der Waals surface area (Å²) in [6.07, 6.45) is 5.79. The van der Waals surface area contributed by atoms with Gasteiger partial charge in [-0.25, -0.2) is 4.98 Å². The number of imidazole rings is 1. The zero-order chi connectivity index (χ0) is 17.9. The molecule has 7 nitrogen and oxygen atoms in total. The number of carbonyl (C=O) groups excluding carboxylic acids is 1. The van der Waals surface area contributed by atoms with Gasteiger partial charge in [0.2, 0.25) is 11.3 Å². The first-order valence-corrected chi connectivity index (χ1v) is 8.35. The number of hydrogen-bond donors (Lipinski definition) is 1. The second-order valence-corrected chi connectivity index (χ2v) is 5.98. The smallest absolute Gasteiger partial charge is 0.241 e. The summed E-state index contributed by atoms with van der Waals surface area (Å²) < 4.78 is 3.49. The standard InChI is InChI=1S/C19H17N5O2/c25-17-11-21-24(16-6-2-1-5-15(16)17)13-19(26)20-9-8-14-12-23-10-4-3-7-18(23)22-14/h1-7,10-12H,8-9,13H2,(H,20,26). The van der Waals surface area contributed by atoms with Crippen LogP contribution in [-0.4, -0.2) is 31.6 Å². The first-order chi connectivity index (χ1) is 12.7. The van der Waals surface area contributed by atoms with E-state index in [9.17, 15) is 9.59 Å². The second kappa shape index (κ2) is 6.79. The molecule has 0 aliphatic carbocycles. The highest BCUT2D eigenvalue weighted by molar-refractivity contribution is 5.81. The maximum atomic E-state index is 12.2. The fourth-order valence-electron chi connectivity index (χ4n) is 2.92. The van der Waals surface area contributed by atoms with Crippen molar-refractivity contribution < 1.29 is 4.79 Å². The lowest BCUT2D eigenvalue weighted by molar-refractivity contribution is -0.121. The van der Waals surface area contributed by atoms with Gasteiger partial charge in [0.15, 0.2) is 0 Å². The van der Waals surface area contributed by atoms with Crippen LogP contribution in [0.4, 0.5) is 0 Å². The summed E-state index contributed by atoms with van der Waals surface area (Å²) in [6, 6.07) is 13.0. The Morgan fingerprint density at radius 3 is 2.85 bits per heavy atom. The van der Waals surface area contributed by atoms with Crippen LogP contribution in [0.15, 0.2) is 65.8 Å². The summed E-state index contributed by atoms with van der Waals surface area (Å²) in [5.74, 6) is -0.157. The monoisotopic (exact) mass is 347 g/mol. The van der Waals surface area contributed by atoms with Gasteiger partial charge in [-0.3, -0.25) is 14.3 Å². The number of pyridine rings is 1. The lowest BCUT2D eigenvalue weighted by Gasteiger charge is -2.09. The van der Waals surface area contributed by atoms with Gasteiger partial charge in [0, 0.05) is 30.7 Å². The number of rotatable bonds is 5. The van der Waals surface area contributed by atoms with E-state index in [4.69, 9.17) is 0 Å². The molecule has 4 aromatic rings. The number of carbonyl (C=O) groups is 1. The molecular weight excluding hydrogens is 330 g/mol. The average molecular weight is 347 g/mol. The number of nitrogens with one attached hydrogen (secondary N) is 1. The van der Waals surface area contributed by atoms with Crippen LogP contribution >= 0.6 is 0 Å². The van der Waals surface area contributed by atoms with Gasteiger partial charge in [-0.05, 0) is 24.3 Å². The van der Waals surface area contributed by atoms with Crippen molar-refractivity contribution in [2.45, 2.75) is 13.0 Å². The summed E-state index contributed by atoms with van der Waals surface area (Å²) in [5, 5.41) is 7.50. The van der Waals surface area contributed by atoms with Crippen molar-refractivity contribution in [1.82, 2.24) is 24.5 Å². The van der Waals surface area contributed by atoms with Gasteiger partial charge in [-0.1, -0.05) is 18.2 Å². The van der Waals surface area contributed by atoms with Gasteiger partial charge in [-0.15, -0.1) is 0 Å². The predicted octanol–water partition coefficient (Wildman–Crippen LogP) is 1.40. The van der Waals surface area contributed by atoms with Crippen molar-refractivity contribution in [2.24, 2.45) is 0 Å². The maximum absolute atomic E-state index is 12.2. The number of amides is 1. The Morgan fingerprint density at radius 2 is 1.96 bits per heavy atom. The SMILES string of the molecule is O=C(Cn1ncc(=O)c2ccccc21)NCCc1cn2ccccc2n1. The van der Waals surface area contributed by atoms with Crippen molar-refractivity contribution in [3.8, 4) is 0 Å². The third-order valence-electron chi connectivity index (χ3n) is 4.17. The summed E-state index contributed by atoms with van der Waals surface area (Å²) in [5.41, 5.74) is 2.31. The number of benzene rings is 1. The van der Waals surface area contributed by atoms with Crippen LogP contribution in [0.2, 0.25) is 0 Å². The molecule has 3 aromatic heterocycles. The number of aromatic nitrogens is 4. The van der Waals surface area contributed by atoms with E-state index < -0.39 is 0 Å². The average Bonchev–Trinajstić information content (AvgIpc) is 3.07. The van der Waals surface area contributed by atoms with Crippen molar-refractivity contribution in [3.05, 3.63) is 77.0 Å². The quantitative estimate of drug-likeness (QED) is 0.592. The Balaban J connectivity index is 1.40. The highest BCUT2D eigenvalue weighted by Crippen LogP contribution is 2.08. The van der Waals surface area contributed by atoms with Crippen molar-refractivity contribution >= 4 is 22.5 Å². The topological polar surface area (TPSA) is 81.3 Å². The van der Waals surface area contributed by atoms with Crippen LogP contribution in [0.5, 0.6) is 0 Å². The molecule has 0 saturated carbocycles. The number of fused-ring (bicyclic) bond motifs is 2. The molecule has 1 aromatic carbocycles. The highest BCUT2D eigenvalue weighted by atomic mass is 16.2. The van der Waals surface area contributed by atoms with Gasteiger partial charge in [0.25, 0.3) is 0 Å². The van der Waals surface area contributed by atoms with Crippen LogP contribution in [0.25, 0.3) is 16.6 Å². The van der Waals surface area contributed by atoms with E-state index in [1.54, 1.807) is 18.2 Å². The Labute approximate surface area is 148 Å². The van der Waals surface area contributed by atoms with E-state index in [1.807, 2.05) is 41.1 Å². The first kappa shape index (κ1) is 16.0. The molecule has 3 heterocycles. The Bertz CT molecular complexity index is 1110. The van der Waals surface area contributed by atoms with E-state index in [1.165, 1.54) is 10.9 Å². The van der Waals surface area contributed by atoms with Crippen molar-refractivity contribution in [1.29, 1.82) is 0 Å². The molecule has 4 rings (SSSR count). The van der Waals surface area contributed by atoms with E-state index in [0.29, 0.717) is 23.9 Å². The summed E-state index contributed by atoms with van der Waals surface area (Å²) >= 11 is 0. The minimum atomic E-state index is -0.157. The van der Waals surface area contributed by atoms with Gasteiger partial charge >= 0.3 is 0 Å². The van der Waals surface area contributed by atoms with Crippen LogP contribution in [0.1, 0.15) is 5.69 Å². The molecule has 0 aliphatic heterocycles. The molecule has 0 unspecified atom stereocenters. The van der Waals surface area contributed by atoms with Gasteiger partial charge in [0.05, 0.1) is 17.4 Å². The molecule has 0 radical (unpaired) electrons. The largest absolute Gasteiger partial charge is 0.354 e. The maximum Gasteiger partial charge on any atom is 0.241 e. The summed E-state index contributed by atoms with van der Waals surface area (Å²) in [4.78, 5) is 28.6. The molecule has 1 N–H and O–H groups in total. The van der Waals surface area contributed by atoms with E-state index in [-0.39, 0.29) is 17.9 Å². The highest BCUT2D eigenvalue weighted by Gasteiger charge is 2.08.